The Balaban J connectivity index is 1.74. The predicted octanol–water partition coefficient (Wildman–Crippen LogP) is 2.81. The van der Waals surface area contributed by atoms with Crippen molar-refractivity contribution >= 4 is 17.7 Å². The van der Waals surface area contributed by atoms with Gasteiger partial charge in [-0.1, -0.05) is 12.6 Å². The van der Waals surface area contributed by atoms with Crippen LogP contribution in [0.2, 0.25) is 0 Å². The largest absolute Gasteiger partial charge is 0.440 e. The fourth-order valence-electron chi connectivity index (χ4n) is 3.24. The molecule has 2 heterocycles. The van der Waals surface area contributed by atoms with Crippen LogP contribution in [-0.2, 0) is 9.53 Å². The van der Waals surface area contributed by atoms with Crippen molar-refractivity contribution in [2.24, 2.45) is 0 Å². The van der Waals surface area contributed by atoms with Crippen LogP contribution >= 0.6 is 0 Å². The van der Waals surface area contributed by atoms with Gasteiger partial charge >= 0.3 is 6.09 Å². The first-order valence-corrected chi connectivity index (χ1v) is 7.93. The normalized spacial score (nSPS) is 19.8. The Morgan fingerprint density at radius 2 is 1.96 bits per heavy atom. The van der Waals surface area contributed by atoms with Crippen LogP contribution in [0.5, 0.6) is 0 Å². The minimum Gasteiger partial charge on any atom is -0.440 e. The van der Waals surface area contributed by atoms with E-state index in [2.05, 4.69) is 13.5 Å². The summed E-state index contributed by atoms with van der Waals surface area (Å²) >= 11 is 0. The van der Waals surface area contributed by atoms with Gasteiger partial charge in [0.15, 0.2) is 0 Å². The number of carbonyl (C=O) groups is 2. The second kappa shape index (κ2) is 5.72. The molecule has 0 bridgehead atoms. The standard InChI is InChI=1S/C18H22N2O3/c1-4-16(21)19-9-7-18(8-10-19)12-20(17(22)23-18)15-6-5-13(2)14(3)11-15/h4-6,11H,1,7-10,12H2,2-3H3. The molecule has 23 heavy (non-hydrogen) atoms. The summed E-state index contributed by atoms with van der Waals surface area (Å²) < 4.78 is 5.71. The molecule has 2 saturated heterocycles. The van der Waals surface area contributed by atoms with Crippen molar-refractivity contribution in [3.05, 3.63) is 42.0 Å². The average molecular weight is 314 g/mol. The molecule has 0 aliphatic carbocycles. The number of rotatable bonds is 2. The first-order chi connectivity index (χ1) is 10.9. The Kier molecular flexibility index (Phi) is 3.88. The first-order valence-electron chi connectivity index (χ1n) is 7.93. The Labute approximate surface area is 136 Å². The highest BCUT2D eigenvalue weighted by Crippen LogP contribution is 2.36. The summed E-state index contributed by atoms with van der Waals surface area (Å²) in [6.45, 7) is 9.35. The van der Waals surface area contributed by atoms with Gasteiger partial charge in [0.05, 0.1) is 6.54 Å². The van der Waals surface area contributed by atoms with Crippen LogP contribution in [0.15, 0.2) is 30.9 Å². The molecule has 122 valence electrons. The molecule has 5 heteroatoms. The first kappa shape index (κ1) is 15.6. The number of nitrogens with zero attached hydrogens (tertiary/aromatic N) is 2. The zero-order valence-corrected chi connectivity index (χ0v) is 13.7. The van der Waals surface area contributed by atoms with Crippen molar-refractivity contribution in [3.8, 4) is 0 Å². The Bertz CT molecular complexity index is 660. The molecule has 0 N–H and O–H groups in total. The highest BCUT2D eigenvalue weighted by molar-refractivity contribution is 5.90. The zero-order chi connectivity index (χ0) is 16.6. The molecule has 5 nitrogen and oxygen atoms in total. The van der Waals surface area contributed by atoms with Crippen LogP contribution in [0.1, 0.15) is 24.0 Å². The van der Waals surface area contributed by atoms with E-state index in [9.17, 15) is 9.59 Å². The molecule has 0 radical (unpaired) electrons. The molecule has 0 aromatic heterocycles. The molecular weight excluding hydrogens is 292 g/mol. The molecule has 2 fully saturated rings. The number of anilines is 1. The van der Waals surface area contributed by atoms with Crippen LogP contribution in [0.4, 0.5) is 10.5 Å². The van der Waals surface area contributed by atoms with Crippen molar-refractivity contribution in [2.45, 2.75) is 32.3 Å². The molecule has 1 spiro atoms. The van der Waals surface area contributed by atoms with Crippen molar-refractivity contribution in [1.82, 2.24) is 4.90 Å². The minimum atomic E-state index is -0.478. The molecule has 3 rings (SSSR count). The van der Waals surface area contributed by atoms with Crippen LogP contribution in [-0.4, -0.2) is 42.1 Å². The summed E-state index contributed by atoms with van der Waals surface area (Å²) in [5.41, 5.74) is 2.75. The third-order valence-corrected chi connectivity index (χ3v) is 4.93. The maximum Gasteiger partial charge on any atom is 0.415 e. The van der Waals surface area contributed by atoms with Crippen LogP contribution in [0.3, 0.4) is 0 Å². The fraction of sp³-hybridized carbons (Fsp3) is 0.444. The van der Waals surface area contributed by atoms with Gasteiger partial charge in [-0.25, -0.2) is 4.79 Å². The van der Waals surface area contributed by atoms with E-state index in [1.54, 1.807) is 9.80 Å². The molecule has 2 amide bonds. The van der Waals surface area contributed by atoms with Crippen LogP contribution < -0.4 is 4.90 Å². The Morgan fingerprint density at radius 1 is 1.26 bits per heavy atom. The smallest absolute Gasteiger partial charge is 0.415 e. The molecule has 1 aromatic carbocycles. The molecule has 0 atom stereocenters. The van der Waals surface area contributed by atoms with Gasteiger partial charge in [-0.15, -0.1) is 0 Å². The fourth-order valence-corrected chi connectivity index (χ4v) is 3.24. The van der Waals surface area contributed by atoms with Gasteiger partial charge in [-0.3, -0.25) is 9.69 Å². The van der Waals surface area contributed by atoms with E-state index >= 15 is 0 Å². The zero-order valence-electron chi connectivity index (χ0n) is 13.7. The van der Waals surface area contributed by atoms with Gasteiger partial charge in [-0.2, -0.15) is 0 Å². The summed E-state index contributed by atoms with van der Waals surface area (Å²) in [5.74, 6) is -0.0600. The van der Waals surface area contributed by atoms with E-state index in [-0.39, 0.29) is 12.0 Å². The summed E-state index contributed by atoms with van der Waals surface area (Å²) in [4.78, 5) is 27.5. The summed E-state index contributed by atoms with van der Waals surface area (Å²) in [5, 5.41) is 0. The molecule has 2 aliphatic rings. The van der Waals surface area contributed by atoms with Crippen molar-refractivity contribution in [1.29, 1.82) is 0 Å². The number of piperidine rings is 1. The van der Waals surface area contributed by atoms with Gasteiger partial charge in [-0.05, 0) is 43.2 Å². The lowest BCUT2D eigenvalue weighted by atomic mass is 9.91. The van der Waals surface area contributed by atoms with Gasteiger partial charge in [0, 0.05) is 31.6 Å². The third kappa shape index (κ3) is 2.83. The number of carbonyl (C=O) groups excluding carboxylic acids is 2. The number of ether oxygens (including phenoxy) is 1. The topological polar surface area (TPSA) is 49.9 Å². The van der Waals surface area contributed by atoms with E-state index in [4.69, 9.17) is 4.74 Å². The number of hydrogen-bond acceptors (Lipinski definition) is 3. The lowest BCUT2D eigenvalue weighted by Gasteiger charge is -2.36. The molecule has 1 aromatic rings. The van der Waals surface area contributed by atoms with Gasteiger partial charge in [0.2, 0.25) is 5.91 Å². The maximum absolute atomic E-state index is 12.3. The number of amides is 2. The number of benzene rings is 1. The number of hydrogen-bond donors (Lipinski definition) is 0. The molecule has 2 aliphatic heterocycles. The van der Waals surface area contributed by atoms with Gasteiger partial charge < -0.3 is 9.64 Å². The molecule has 0 saturated carbocycles. The molecular formula is C18H22N2O3. The summed E-state index contributed by atoms with van der Waals surface area (Å²) in [7, 11) is 0. The van der Waals surface area contributed by atoms with E-state index in [0.29, 0.717) is 32.5 Å². The average Bonchev–Trinajstić information content (AvgIpc) is 2.86. The lowest BCUT2D eigenvalue weighted by molar-refractivity contribution is -0.129. The lowest BCUT2D eigenvalue weighted by Crippen LogP contribution is -2.48. The monoisotopic (exact) mass is 314 g/mol. The second-order valence-electron chi connectivity index (χ2n) is 6.44. The van der Waals surface area contributed by atoms with Gasteiger partial charge in [0.25, 0.3) is 0 Å². The quantitative estimate of drug-likeness (QED) is 0.789. The maximum atomic E-state index is 12.3. The second-order valence-corrected chi connectivity index (χ2v) is 6.44. The summed E-state index contributed by atoms with van der Waals surface area (Å²) in [6.07, 6.45) is 2.37. The minimum absolute atomic E-state index is 0.0600. The Hall–Kier alpha value is -2.30. The highest BCUT2D eigenvalue weighted by Gasteiger charge is 2.47. The van der Waals surface area contributed by atoms with Crippen molar-refractivity contribution in [2.75, 3.05) is 24.5 Å². The van der Waals surface area contributed by atoms with Crippen LogP contribution in [0.25, 0.3) is 0 Å². The number of aryl methyl sites for hydroxylation is 2. The van der Waals surface area contributed by atoms with E-state index in [1.165, 1.54) is 11.6 Å². The predicted molar refractivity (Wildman–Crippen MR) is 88.5 cm³/mol. The van der Waals surface area contributed by atoms with Gasteiger partial charge in [0.1, 0.15) is 5.60 Å². The molecule has 0 unspecified atom stereocenters. The third-order valence-electron chi connectivity index (χ3n) is 4.93. The van der Waals surface area contributed by atoms with Crippen molar-refractivity contribution in [3.63, 3.8) is 0 Å². The van der Waals surface area contributed by atoms with Crippen molar-refractivity contribution < 1.29 is 14.3 Å². The highest BCUT2D eigenvalue weighted by atomic mass is 16.6. The van der Waals surface area contributed by atoms with E-state index in [0.717, 1.165) is 11.3 Å². The van der Waals surface area contributed by atoms with E-state index in [1.807, 2.05) is 25.1 Å². The number of likely N-dealkylation sites (tertiary alicyclic amines) is 1. The van der Waals surface area contributed by atoms with E-state index < -0.39 is 5.60 Å². The van der Waals surface area contributed by atoms with Crippen LogP contribution in [0, 0.1) is 13.8 Å². The SMILES string of the molecule is C=CC(=O)N1CCC2(CC1)CN(c1ccc(C)c(C)c1)C(=O)O2. The Morgan fingerprint density at radius 3 is 2.57 bits per heavy atom. The summed E-state index contributed by atoms with van der Waals surface area (Å²) in [6, 6.07) is 6.00.